The van der Waals surface area contributed by atoms with Gasteiger partial charge in [0.25, 0.3) is 0 Å². The van der Waals surface area contributed by atoms with E-state index in [1.165, 1.54) is 90.0 Å². The lowest BCUT2D eigenvalue weighted by Gasteiger charge is -2.34. The van der Waals surface area contributed by atoms with Gasteiger partial charge >= 0.3 is 0 Å². The van der Waals surface area contributed by atoms with Crippen LogP contribution in [0, 0.1) is 0 Å². The molecule has 0 bridgehead atoms. The molecule has 27 heavy (non-hydrogen) atoms. The number of amides is 1. The fourth-order valence-corrected chi connectivity index (χ4v) is 3.98. The molecule has 1 saturated heterocycles. The van der Waals surface area contributed by atoms with Crippen molar-refractivity contribution in [1.82, 2.24) is 4.90 Å². The molecule has 0 radical (unpaired) electrons. The van der Waals surface area contributed by atoms with E-state index in [1.54, 1.807) is 0 Å². The van der Waals surface area contributed by atoms with Gasteiger partial charge in [-0.3, -0.25) is 4.79 Å². The summed E-state index contributed by atoms with van der Waals surface area (Å²) in [4.78, 5) is 14.0. The van der Waals surface area contributed by atoms with Crippen LogP contribution in [0.2, 0.25) is 0 Å². The Morgan fingerprint density at radius 3 is 1.81 bits per heavy atom. The lowest BCUT2D eigenvalue weighted by atomic mass is 10.1. The molecule has 1 fully saturated rings. The first kappa shape index (κ1) is 26.7. The van der Waals surface area contributed by atoms with E-state index < -0.39 is 0 Å². The van der Waals surface area contributed by atoms with Crippen molar-refractivity contribution >= 4 is 5.91 Å². The van der Waals surface area contributed by atoms with E-state index in [0.717, 1.165) is 37.0 Å². The second-order valence-corrected chi connectivity index (χ2v) is 9.11. The summed E-state index contributed by atoms with van der Waals surface area (Å²) in [5.41, 5.74) is 0. The Kier molecular flexibility index (Phi) is 16.5. The van der Waals surface area contributed by atoms with E-state index in [2.05, 4.69) is 25.9 Å². The number of likely N-dealkylation sites (tertiary alicyclic amines) is 1. The highest BCUT2D eigenvalue weighted by molar-refractivity contribution is 5.76. The van der Waals surface area contributed by atoms with Gasteiger partial charge in [-0.15, -0.1) is 0 Å². The molecule has 0 atom stereocenters. The fraction of sp³-hybridized carbons (Fsp3) is 0.957. The summed E-state index contributed by atoms with van der Waals surface area (Å²) in [6.45, 7) is 6.57. The van der Waals surface area contributed by atoms with Crippen molar-refractivity contribution in [3.8, 4) is 0 Å². The van der Waals surface area contributed by atoms with Gasteiger partial charge in [-0.2, -0.15) is 0 Å². The van der Waals surface area contributed by atoms with Gasteiger partial charge in [-0.1, -0.05) is 71.1 Å². The fourth-order valence-electron chi connectivity index (χ4n) is 3.98. The predicted molar refractivity (Wildman–Crippen MR) is 113 cm³/mol. The molecule has 1 amide bonds. The van der Waals surface area contributed by atoms with Gasteiger partial charge in [-0.05, 0) is 25.7 Å². The van der Waals surface area contributed by atoms with Gasteiger partial charge in [0.1, 0.15) is 0 Å². The standard InChI is InChI=1S/C23H47N2O.ClH/c1-4-5-6-7-8-9-10-11-12-13-14-17-21-25(2,3)22-20-24-19-16-15-18-23(24)26;/h4-22H2,1-3H3;1H/q+1;/p-1. The molecule has 0 saturated carbocycles. The van der Waals surface area contributed by atoms with Crippen LogP contribution >= 0.6 is 0 Å². The van der Waals surface area contributed by atoms with Crippen molar-refractivity contribution < 1.29 is 21.7 Å². The van der Waals surface area contributed by atoms with Crippen LogP contribution in [0.25, 0.3) is 0 Å². The molecule has 1 aliphatic heterocycles. The number of unbranched alkanes of at least 4 members (excludes halogenated alkanes) is 11. The number of carbonyl (C=O) groups excluding carboxylic acids is 1. The minimum atomic E-state index is 0. The first-order chi connectivity index (χ1) is 12.5. The van der Waals surface area contributed by atoms with Crippen molar-refractivity contribution in [2.45, 2.75) is 103 Å². The lowest BCUT2D eigenvalue weighted by Crippen LogP contribution is -3.00. The maximum Gasteiger partial charge on any atom is 0.222 e. The SMILES string of the molecule is CCCCCCCCCCCCCC[N+](C)(C)CCN1CCCCC1=O.[Cl-]. The molecule has 0 unspecified atom stereocenters. The van der Waals surface area contributed by atoms with Gasteiger partial charge < -0.3 is 21.8 Å². The molecule has 0 aromatic rings. The van der Waals surface area contributed by atoms with Crippen LogP contribution in [0.1, 0.15) is 103 Å². The van der Waals surface area contributed by atoms with Crippen LogP contribution < -0.4 is 12.4 Å². The van der Waals surface area contributed by atoms with Gasteiger partial charge in [0.2, 0.25) is 5.91 Å². The van der Waals surface area contributed by atoms with E-state index in [1.807, 2.05) is 0 Å². The molecule has 1 heterocycles. The van der Waals surface area contributed by atoms with Crippen LogP contribution in [0.3, 0.4) is 0 Å². The normalized spacial score (nSPS) is 15.1. The van der Waals surface area contributed by atoms with E-state index >= 15 is 0 Å². The van der Waals surface area contributed by atoms with Crippen molar-refractivity contribution in [3.05, 3.63) is 0 Å². The average molecular weight is 403 g/mol. The molecule has 0 N–H and O–H groups in total. The van der Waals surface area contributed by atoms with E-state index in [0.29, 0.717) is 5.91 Å². The Morgan fingerprint density at radius 2 is 1.30 bits per heavy atom. The summed E-state index contributed by atoms with van der Waals surface area (Å²) in [6.07, 6.45) is 20.0. The largest absolute Gasteiger partial charge is 1.00 e. The van der Waals surface area contributed by atoms with Gasteiger partial charge in [0, 0.05) is 13.0 Å². The Labute approximate surface area is 176 Å². The van der Waals surface area contributed by atoms with Crippen molar-refractivity contribution in [2.24, 2.45) is 0 Å². The molecular weight excluding hydrogens is 356 g/mol. The number of piperidine rings is 1. The Balaban J connectivity index is 0.00000676. The number of nitrogens with zero attached hydrogens (tertiary/aromatic N) is 2. The maximum absolute atomic E-state index is 11.9. The predicted octanol–water partition coefficient (Wildman–Crippen LogP) is 2.78. The number of rotatable bonds is 16. The number of halogens is 1. The van der Waals surface area contributed by atoms with Crippen molar-refractivity contribution in [2.75, 3.05) is 40.3 Å². The number of quaternary nitrogens is 1. The molecule has 3 nitrogen and oxygen atoms in total. The summed E-state index contributed by atoms with van der Waals surface area (Å²) >= 11 is 0. The van der Waals surface area contributed by atoms with Crippen LogP contribution in [0.5, 0.6) is 0 Å². The first-order valence-corrected chi connectivity index (χ1v) is 11.6. The number of carbonyl (C=O) groups is 1. The van der Waals surface area contributed by atoms with Crippen LogP contribution in [0.15, 0.2) is 0 Å². The third-order valence-corrected chi connectivity index (χ3v) is 6.01. The first-order valence-electron chi connectivity index (χ1n) is 11.6. The number of hydrogen-bond acceptors (Lipinski definition) is 1. The van der Waals surface area contributed by atoms with Crippen LogP contribution in [-0.4, -0.2) is 55.6 Å². The maximum atomic E-state index is 11.9. The Bertz CT molecular complexity index is 360. The Hall–Kier alpha value is -0.280. The molecule has 162 valence electrons. The second kappa shape index (κ2) is 16.7. The average Bonchev–Trinajstić information content (AvgIpc) is 2.62. The van der Waals surface area contributed by atoms with Crippen molar-refractivity contribution in [1.29, 1.82) is 0 Å². The Morgan fingerprint density at radius 1 is 0.778 bits per heavy atom. The van der Waals surface area contributed by atoms with Gasteiger partial charge in [0.05, 0.1) is 33.7 Å². The lowest BCUT2D eigenvalue weighted by molar-refractivity contribution is -0.889. The molecule has 1 aliphatic rings. The van der Waals surface area contributed by atoms with Crippen LogP contribution in [0.4, 0.5) is 0 Å². The third kappa shape index (κ3) is 14.4. The van der Waals surface area contributed by atoms with Gasteiger partial charge in [0.15, 0.2) is 0 Å². The minimum absolute atomic E-state index is 0. The molecule has 4 heteroatoms. The summed E-state index contributed by atoms with van der Waals surface area (Å²) in [7, 11) is 4.65. The zero-order valence-corrected chi connectivity index (χ0v) is 19.4. The van der Waals surface area contributed by atoms with Crippen molar-refractivity contribution in [3.63, 3.8) is 0 Å². The number of likely N-dealkylation sites (N-methyl/N-ethyl adjacent to an activating group) is 1. The minimum Gasteiger partial charge on any atom is -1.00 e. The summed E-state index contributed by atoms with van der Waals surface area (Å²) in [5, 5.41) is 0. The highest BCUT2D eigenvalue weighted by Gasteiger charge is 2.21. The van der Waals surface area contributed by atoms with E-state index in [4.69, 9.17) is 0 Å². The topological polar surface area (TPSA) is 20.3 Å². The summed E-state index contributed by atoms with van der Waals surface area (Å²) < 4.78 is 1.06. The summed E-state index contributed by atoms with van der Waals surface area (Å²) in [5.74, 6) is 0.376. The smallest absolute Gasteiger partial charge is 0.222 e. The van der Waals surface area contributed by atoms with Gasteiger partial charge in [-0.25, -0.2) is 0 Å². The van der Waals surface area contributed by atoms with E-state index in [9.17, 15) is 4.79 Å². The highest BCUT2D eigenvalue weighted by Crippen LogP contribution is 2.14. The quantitative estimate of drug-likeness (QED) is 0.287. The molecule has 0 aromatic carbocycles. The molecule has 0 spiro atoms. The van der Waals surface area contributed by atoms with Crippen LogP contribution in [-0.2, 0) is 4.79 Å². The zero-order valence-electron chi connectivity index (χ0n) is 18.6. The summed E-state index contributed by atoms with van der Waals surface area (Å²) in [6, 6.07) is 0. The monoisotopic (exact) mass is 402 g/mol. The highest BCUT2D eigenvalue weighted by atomic mass is 35.5. The molecule has 1 rings (SSSR count). The molecule has 0 aromatic heterocycles. The number of hydrogen-bond donors (Lipinski definition) is 0. The third-order valence-electron chi connectivity index (χ3n) is 6.01. The van der Waals surface area contributed by atoms with E-state index in [-0.39, 0.29) is 12.4 Å². The second-order valence-electron chi connectivity index (χ2n) is 9.11. The molecule has 0 aliphatic carbocycles. The molecular formula is C23H47ClN2O. The zero-order chi connectivity index (χ0) is 19.1.